The van der Waals surface area contributed by atoms with Crippen molar-refractivity contribution in [3.8, 4) is 0 Å². The molecule has 1 saturated carbocycles. The minimum absolute atomic E-state index is 0.0318. The lowest BCUT2D eigenvalue weighted by Gasteiger charge is -2.13. The first-order valence-electron chi connectivity index (χ1n) is 5.25. The molecule has 1 heterocycles. The highest BCUT2D eigenvalue weighted by Crippen LogP contribution is 2.42. The zero-order valence-electron chi connectivity index (χ0n) is 8.31. The summed E-state index contributed by atoms with van der Waals surface area (Å²) in [7, 11) is 0. The van der Waals surface area contributed by atoms with Gasteiger partial charge in [-0.1, -0.05) is 48.9 Å². The Bertz CT molecular complexity index is 329. The van der Waals surface area contributed by atoms with Crippen LogP contribution < -0.4 is 0 Å². The van der Waals surface area contributed by atoms with Gasteiger partial charge in [0.15, 0.2) is 0 Å². The van der Waals surface area contributed by atoms with E-state index >= 15 is 0 Å². The summed E-state index contributed by atoms with van der Waals surface area (Å²) in [4.78, 5) is 0. The van der Waals surface area contributed by atoms with E-state index in [0.717, 1.165) is 26.6 Å². The molecule has 0 bridgehead atoms. The van der Waals surface area contributed by atoms with Crippen molar-refractivity contribution in [2.24, 2.45) is 5.92 Å². The van der Waals surface area contributed by atoms with Gasteiger partial charge >= 0.3 is 0 Å². The largest absolute Gasteiger partial charge is 0.118 e. The standard InChI is InChI=1S/C11H13Cl3S/c12-9(5-7-3-1-2-4-7)8-6-10(13)15-11(8)14/h6-7,9H,1-5H2. The molecule has 84 valence electrons. The van der Waals surface area contributed by atoms with Gasteiger partial charge in [0, 0.05) is 5.56 Å². The van der Waals surface area contributed by atoms with Crippen LogP contribution in [-0.4, -0.2) is 0 Å². The maximum Gasteiger partial charge on any atom is 0.0991 e. The minimum Gasteiger partial charge on any atom is -0.118 e. The van der Waals surface area contributed by atoms with Gasteiger partial charge in [-0.15, -0.1) is 22.9 Å². The molecule has 15 heavy (non-hydrogen) atoms. The van der Waals surface area contributed by atoms with Crippen LogP contribution in [-0.2, 0) is 0 Å². The van der Waals surface area contributed by atoms with Crippen molar-refractivity contribution >= 4 is 46.1 Å². The molecule has 1 aromatic rings. The Labute approximate surface area is 110 Å². The van der Waals surface area contributed by atoms with Crippen LogP contribution >= 0.6 is 46.1 Å². The van der Waals surface area contributed by atoms with Crippen molar-refractivity contribution < 1.29 is 0 Å². The molecule has 1 atom stereocenters. The number of thiophene rings is 1. The van der Waals surface area contributed by atoms with Crippen molar-refractivity contribution in [1.82, 2.24) is 0 Å². The number of hydrogen-bond acceptors (Lipinski definition) is 1. The highest BCUT2D eigenvalue weighted by molar-refractivity contribution is 7.20. The SMILES string of the molecule is Clc1cc(C(Cl)CC2CCCC2)c(Cl)s1. The molecular formula is C11H13Cl3S. The molecule has 0 aliphatic heterocycles. The van der Waals surface area contributed by atoms with Gasteiger partial charge in [0.05, 0.1) is 14.0 Å². The molecule has 4 heteroatoms. The lowest BCUT2D eigenvalue weighted by molar-refractivity contribution is 0.496. The van der Waals surface area contributed by atoms with Crippen molar-refractivity contribution in [2.75, 3.05) is 0 Å². The maximum atomic E-state index is 6.37. The average molecular weight is 284 g/mol. The van der Waals surface area contributed by atoms with Crippen LogP contribution in [0.1, 0.15) is 43.0 Å². The van der Waals surface area contributed by atoms with E-state index in [9.17, 15) is 0 Å². The second kappa shape index (κ2) is 5.27. The van der Waals surface area contributed by atoms with E-state index in [1.165, 1.54) is 37.0 Å². The van der Waals surface area contributed by atoms with E-state index in [1.54, 1.807) is 0 Å². The molecule has 0 N–H and O–H groups in total. The van der Waals surface area contributed by atoms with Gasteiger partial charge < -0.3 is 0 Å². The van der Waals surface area contributed by atoms with Crippen molar-refractivity contribution in [1.29, 1.82) is 0 Å². The third-order valence-electron chi connectivity index (χ3n) is 3.04. The van der Waals surface area contributed by atoms with E-state index in [1.807, 2.05) is 6.07 Å². The fourth-order valence-electron chi connectivity index (χ4n) is 2.23. The van der Waals surface area contributed by atoms with Gasteiger partial charge in [0.2, 0.25) is 0 Å². The monoisotopic (exact) mass is 282 g/mol. The summed E-state index contributed by atoms with van der Waals surface area (Å²) in [5, 5.41) is 0.0318. The molecule has 1 aromatic heterocycles. The molecule has 1 unspecified atom stereocenters. The van der Waals surface area contributed by atoms with Crippen LogP contribution in [0.4, 0.5) is 0 Å². The van der Waals surface area contributed by atoms with Crippen LogP contribution in [0.3, 0.4) is 0 Å². The van der Waals surface area contributed by atoms with Gasteiger partial charge in [-0.25, -0.2) is 0 Å². The smallest absolute Gasteiger partial charge is 0.0991 e. The van der Waals surface area contributed by atoms with E-state index in [2.05, 4.69) is 0 Å². The summed E-state index contributed by atoms with van der Waals surface area (Å²) in [5.41, 5.74) is 1.01. The lowest BCUT2D eigenvalue weighted by Crippen LogP contribution is -1.99. The third kappa shape index (κ3) is 3.03. The second-order valence-electron chi connectivity index (χ2n) is 4.13. The highest BCUT2D eigenvalue weighted by Gasteiger charge is 2.22. The number of alkyl halides is 1. The van der Waals surface area contributed by atoms with Crippen LogP contribution in [0.25, 0.3) is 0 Å². The quantitative estimate of drug-likeness (QED) is 0.604. The third-order valence-corrected chi connectivity index (χ3v) is 4.97. The fourth-order valence-corrected chi connectivity index (χ4v) is 4.36. The molecule has 0 spiro atoms. The normalized spacial score (nSPS) is 19.7. The number of rotatable bonds is 3. The average Bonchev–Trinajstić information content (AvgIpc) is 2.75. The first-order chi connectivity index (χ1) is 7.16. The molecule has 0 aromatic carbocycles. The van der Waals surface area contributed by atoms with Crippen LogP contribution in [0.2, 0.25) is 8.67 Å². The Morgan fingerprint density at radius 1 is 1.33 bits per heavy atom. The van der Waals surface area contributed by atoms with Gasteiger partial charge in [-0.2, -0.15) is 0 Å². The topological polar surface area (TPSA) is 0 Å². The fraction of sp³-hybridized carbons (Fsp3) is 0.636. The van der Waals surface area contributed by atoms with Crippen molar-refractivity contribution in [3.63, 3.8) is 0 Å². The molecule has 1 aliphatic rings. The predicted octanol–water partition coefficient (Wildman–Crippen LogP) is 5.92. The Morgan fingerprint density at radius 3 is 2.53 bits per heavy atom. The van der Waals surface area contributed by atoms with Gasteiger partial charge in [0.1, 0.15) is 0 Å². The second-order valence-corrected chi connectivity index (χ2v) is 6.95. The molecular weight excluding hydrogens is 271 g/mol. The van der Waals surface area contributed by atoms with Gasteiger partial charge in [0.25, 0.3) is 0 Å². The van der Waals surface area contributed by atoms with Gasteiger partial charge in [-0.05, 0) is 18.4 Å². The highest BCUT2D eigenvalue weighted by atomic mass is 35.5. The van der Waals surface area contributed by atoms with Crippen LogP contribution in [0.15, 0.2) is 6.07 Å². The summed E-state index contributed by atoms with van der Waals surface area (Å²) in [6.45, 7) is 0. The van der Waals surface area contributed by atoms with Gasteiger partial charge in [-0.3, -0.25) is 0 Å². The van der Waals surface area contributed by atoms with Crippen molar-refractivity contribution in [3.05, 3.63) is 20.3 Å². The summed E-state index contributed by atoms with van der Waals surface area (Å²) < 4.78 is 1.48. The maximum absolute atomic E-state index is 6.37. The zero-order valence-corrected chi connectivity index (χ0v) is 11.4. The number of hydrogen-bond donors (Lipinski definition) is 0. The molecule has 0 amide bonds. The van der Waals surface area contributed by atoms with Crippen LogP contribution in [0, 0.1) is 5.92 Å². The summed E-state index contributed by atoms with van der Waals surface area (Å²) in [6, 6.07) is 1.90. The van der Waals surface area contributed by atoms with Crippen molar-refractivity contribution in [2.45, 2.75) is 37.5 Å². The first-order valence-corrected chi connectivity index (χ1v) is 7.26. The Morgan fingerprint density at radius 2 is 2.00 bits per heavy atom. The molecule has 1 aliphatic carbocycles. The zero-order chi connectivity index (χ0) is 10.8. The molecule has 1 fully saturated rings. The summed E-state index contributed by atoms with van der Waals surface area (Å²) in [6.07, 6.45) is 6.38. The first kappa shape index (κ1) is 12.0. The van der Waals surface area contributed by atoms with E-state index in [-0.39, 0.29) is 5.38 Å². The van der Waals surface area contributed by atoms with E-state index in [4.69, 9.17) is 34.8 Å². The molecule has 0 saturated heterocycles. The van der Waals surface area contributed by atoms with E-state index < -0.39 is 0 Å². The lowest BCUT2D eigenvalue weighted by atomic mass is 9.99. The molecule has 0 nitrogen and oxygen atoms in total. The summed E-state index contributed by atoms with van der Waals surface area (Å²) in [5.74, 6) is 0.780. The molecule has 0 radical (unpaired) electrons. The van der Waals surface area contributed by atoms with E-state index in [0.29, 0.717) is 0 Å². The minimum atomic E-state index is 0.0318. The number of halogens is 3. The predicted molar refractivity (Wildman–Crippen MR) is 69.5 cm³/mol. The Kier molecular flexibility index (Phi) is 4.23. The van der Waals surface area contributed by atoms with Crippen LogP contribution in [0.5, 0.6) is 0 Å². The molecule has 2 rings (SSSR count). The Balaban J connectivity index is 2.00. The summed E-state index contributed by atoms with van der Waals surface area (Å²) >= 11 is 19.7. The Hall–Kier alpha value is 0.570.